The molecule has 0 amide bonds. The minimum absolute atomic E-state index is 0. The van der Waals surface area contributed by atoms with E-state index in [0.717, 1.165) is 0 Å². The molecule has 0 bridgehead atoms. The Morgan fingerprint density at radius 1 is 1.12 bits per heavy atom. The molecule has 0 fully saturated rings. The summed E-state index contributed by atoms with van der Waals surface area (Å²) < 4.78 is 61.5. The molecule has 101 valence electrons. The van der Waals surface area contributed by atoms with Gasteiger partial charge in [-0.05, 0) is 25.3 Å². The summed E-state index contributed by atoms with van der Waals surface area (Å²) in [5.74, 6) is -0.137. The molecule has 0 N–H and O–H groups in total. The number of hydrogen-bond acceptors (Lipinski definition) is 3. The molecule has 0 saturated heterocycles. The molecule has 8 heteroatoms. The van der Waals surface area contributed by atoms with Crippen molar-refractivity contribution in [3.05, 3.63) is 24.0 Å². The molecule has 0 aromatic carbocycles. The van der Waals surface area contributed by atoms with E-state index in [0.29, 0.717) is 19.3 Å². The van der Waals surface area contributed by atoms with Crippen LogP contribution in [0.5, 0.6) is 0 Å². The van der Waals surface area contributed by atoms with Crippen molar-refractivity contribution in [2.75, 3.05) is 0 Å². The first kappa shape index (κ1) is 16.6. The predicted octanol–water partition coefficient (Wildman–Crippen LogP) is 2.86. The first-order chi connectivity index (χ1) is 7.33. The Bertz CT molecular complexity index is 398. The Kier molecular flexibility index (Phi) is 6.41. The quantitative estimate of drug-likeness (QED) is 0.330. The Morgan fingerprint density at radius 3 is 2.29 bits per heavy atom. The fourth-order valence-corrected chi connectivity index (χ4v) is 1.70. The van der Waals surface area contributed by atoms with Crippen molar-refractivity contribution in [1.82, 2.24) is 0 Å². The SMILES string of the molecule is O=S(=O)(OC1=CCCC=CCC1)C(F)(F)F.[Rh]. The summed E-state index contributed by atoms with van der Waals surface area (Å²) in [6.07, 6.45) is 6.83. The van der Waals surface area contributed by atoms with Gasteiger partial charge >= 0.3 is 15.6 Å². The first-order valence-corrected chi connectivity index (χ1v) is 6.08. The summed E-state index contributed by atoms with van der Waals surface area (Å²) in [4.78, 5) is 0. The van der Waals surface area contributed by atoms with E-state index < -0.39 is 15.6 Å². The zero-order valence-corrected chi connectivity index (χ0v) is 11.1. The first-order valence-electron chi connectivity index (χ1n) is 4.68. The van der Waals surface area contributed by atoms with Gasteiger partial charge in [0.15, 0.2) is 0 Å². The molecule has 1 aliphatic carbocycles. The van der Waals surface area contributed by atoms with Gasteiger partial charge in [-0.2, -0.15) is 21.6 Å². The molecule has 1 rings (SSSR count). The minimum Gasteiger partial charge on any atom is -0.381 e. The van der Waals surface area contributed by atoms with Gasteiger partial charge in [0.2, 0.25) is 0 Å². The van der Waals surface area contributed by atoms with Crippen molar-refractivity contribution in [3.63, 3.8) is 0 Å². The third kappa shape index (κ3) is 5.21. The van der Waals surface area contributed by atoms with Gasteiger partial charge in [0, 0.05) is 25.9 Å². The molecule has 0 atom stereocenters. The second kappa shape index (κ2) is 6.54. The molecule has 0 aromatic rings. The molecular weight excluding hydrogens is 348 g/mol. The Labute approximate surface area is 111 Å². The molecule has 0 aromatic heterocycles. The molecule has 1 aliphatic rings. The molecule has 3 nitrogen and oxygen atoms in total. The molecule has 0 saturated carbocycles. The normalized spacial score (nSPS) is 17.5. The summed E-state index contributed by atoms with van der Waals surface area (Å²) in [6, 6.07) is 0. The Morgan fingerprint density at radius 2 is 1.71 bits per heavy atom. The maximum atomic E-state index is 12.0. The topological polar surface area (TPSA) is 43.4 Å². The van der Waals surface area contributed by atoms with Crippen LogP contribution in [0.1, 0.15) is 25.7 Å². The van der Waals surface area contributed by atoms with Gasteiger partial charge in [-0.3, -0.25) is 0 Å². The standard InChI is InChI=1S/C9H11F3O3S.Rh/c10-9(11,12)16(13,14)15-8-6-4-2-1-3-5-7-8;/h1-2,7H,3-6H2;. The number of hydrogen-bond donors (Lipinski definition) is 0. The van der Waals surface area contributed by atoms with Crippen molar-refractivity contribution in [3.8, 4) is 0 Å². The van der Waals surface area contributed by atoms with Gasteiger partial charge in [0.25, 0.3) is 0 Å². The fourth-order valence-electron chi connectivity index (χ4n) is 1.17. The number of halogens is 3. The Hall–Kier alpha value is -0.357. The van der Waals surface area contributed by atoms with Crippen LogP contribution < -0.4 is 0 Å². The van der Waals surface area contributed by atoms with E-state index in [4.69, 9.17) is 0 Å². The molecule has 1 radical (unpaired) electrons. The van der Waals surface area contributed by atoms with Gasteiger partial charge in [0.05, 0.1) is 0 Å². The number of alkyl halides is 3. The van der Waals surface area contributed by atoms with E-state index in [1.807, 2.05) is 6.08 Å². The molecule has 17 heavy (non-hydrogen) atoms. The molecular formula is C9H11F3O3RhS. The third-order valence-electron chi connectivity index (χ3n) is 1.93. The van der Waals surface area contributed by atoms with Gasteiger partial charge in [-0.25, -0.2) is 0 Å². The van der Waals surface area contributed by atoms with Gasteiger partial charge in [-0.1, -0.05) is 12.2 Å². The van der Waals surface area contributed by atoms with Crippen LogP contribution in [0.25, 0.3) is 0 Å². The average Bonchev–Trinajstić information content (AvgIpc) is 2.07. The summed E-state index contributed by atoms with van der Waals surface area (Å²) in [5.41, 5.74) is -5.37. The molecule has 0 aliphatic heterocycles. The second-order valence-corrected chi connectivity index (χ2v) is 4.78. The third-order valence-corrected chi connectivity index (χ3v) is 2.93. The summed E-state index contributed by atoms with van der Waals surface area (Å²) in [7, 11) is -5.52. The van der Waals surface area contributed by atoms with Crippen LogP contribution in [0.15, 0.2) is 24.0 Å². The van der Waals surface area contributed by atoms with E-state index in [1.54, 1.807) is 6.08 Å². The predicted molar refractivity (Wildman–Crippen MR) is 51.8 cm³/mol. The van der Waals surface area contributed by atoms with Crippen molar-refractivity contribution in [1.29, 1.82) is 0 Å². The summed E-state index contributed by atoms with van der Waals surface area (Å²) in [5, 5.41) is 0. The minimum atomic E-state index is -5.52. The fraction of sp³-hybridized carbons (Fsp3) is 0.556. The van der Waals surface area contributed by atoms with Crippen molar-refractivity contribution >= 4 is 10.1 Å². The van der Waals surface area contributed by atoms with Gasteiger partial charge in [0.1, 0.15) is 5.76 Å². The zero-order valence-electron chi connectivity index (χ0n) is 8.66. The molecule has 0 heterocycles. The van der Waals surface area contributed by atoms with Crippen molar-refractivity contribution in [2.24, 2.45) is 0 Å². The van der Waals surface area contributed by atoms with E-state index in [9.17, 15) is 21.6 Å². The van der Waals surface area contributed by atoms with Crippen LogP contribution in [0.2, 0.25) is 0 Å². The monoisotopic (exact) mass is 359 g/mol. The van der Waals surface area contributed by atoms with Crippen LogP contribution in [0.3, 0.4) is 0 Å². The molecule has 0 spiro atoms. The molecule has 0 unspecified atom stereocenters. The second-order valence-electron chi connectivity index (χ2n) is 3.24. The van der Waals surface area contributed by atoms with Crippen LogP contribution in [0, 0.1) is 0 Å². The van der Waals surface area contributed by atoms with Gasteiger partial charge < -0.3 is 4.18 Å². The number of allylic oxidation sites excluding steroid dienone is 4. The maximum Gasteiger partial charge on any atom is 0.534 e. The zero-order chi connectivity index (χ0) is 12.2. The van der Waals surface area contributed by atoms with Crippen molar-refractivity contribution in [2.45, 2.75) is 31.2 Å². The summed E-state index contributed by atoms with van der Waals surface area (Å²) in [6.45, 7) is 0. The average molecular weight is 359 g/mol. The summed E-state index contributed by atoms with van der Waals surface area (Å²) >= 11 is 0. The van der Waals surface area contributed by atoms with E-state index in [1.165, 1.54) is 6.08 Å². The maximum absolute atomic E-state index is 12.0. The van der Waals surface area contributed by atoms with E-state index in [2.05, 4.69) is 4.18 Å². The van der Waals surface area contributed by atoms with E-state index in [-0.39, 0.29) is 31.7 Å². The van der Waals surface area contributed by atoms with E-state index >= 15 is 0 Å². The van der Waals surface area contributed by atoms with Crippen LogP contribution in [-0.2, 0) is 33.8 Å². The Balaban J connectivity index is 0.00000256. The smallest absolute Gasteiger partial charge is 0.381 e. The van der Waals surface area contributed by atoms with Gasteiger partial charge in [-0.15, -0.1) is 0 Å². The van der Waals surface area contributed by atoms with Crippen LogP contribution in [-0.4, -0.2) is 13.9 Å². The van der Waals surface area contributed by atoms with Crippen molar-refractivity contribution < 1.29 is 45.3 Å². The number of rotatable bonds is 2. The van der Waals surface area contributed by atoms with Crippen LogP contribution in [0.4, 0.5) is 13.2 Å². The largest absolute Gasteiger partial charge is 0.534 e. The van der Waals surface area contributed by atoms with Crippen LogP contribution >= 0.6 is 0 Å².